The second kappa shape index (κ2) is 23.3. The molecule has 0 bridgehead atoms. The number of nitrogens with zero attached hydrogens (tertiary/aromatic N) is 4. The number of aromatic nitrogens is 4. The lowest BCUT2D eigenvalue weighted by Crippen LogP contribution is -2.15. The van der Waals surface area contributed by atoms with Crippen LogP contribution in [0, 0.1) is 27.7 Å². The van der Waals surface area contributed by atoms with Crippen molar-refractivity contribution in [1.29, 1.82) is 0 Å². The first-order chi connectivity index (χ1) is 34.8. The number of anilines is 4. The van der Waals surface area contributed by atoms with Crippen molar-refractivity contribution in [3.63, 3.8) is 0 Å². The summed E-state index contributed by atoms with van der Waals surface area (Å²) >= 11 is 0. The third kappa shape index (κ3) is 11.9. The summed E-state index contributed by atoms with van der Waals surface area (Å²) < 4.78 is 0. The third-order valence-corrected chi connectivity index (χ3v) is 11.7. The van der Waals surface area contributed by atoms with Gasteiger partial charge in [0.15, 0.2) is 12.6 Å². The maximum atomic E-state index is 12.7. The van der Waals surface area contributed by atoms with Crippen LogP contribution in [0.15, 0.2) is 146 Å². The molecule has 0 fully saturated rings. The largest absolute Gasteiger partial charge is 0.392 e. The molecule has 4 aromatic heterocycles. The molecule has 0 atom stereocenters. The first-order valence-corrected chi connectivity index (χ1v) is 22.4. The van der Waals surface area contributed by atoms with Gasteiger partial charge < -0.3 is 31.5 Å². The molecule has 16 nitrogen and oxygen atoms in total. The van der Waals surface area contributed by atoms with Crippen molar-refractivity contribution in [3.05, 3.63) is 213 Å². The molecule has 4 aromatic carbocycles. The van der Waals surface area contributed by atoms with Gasteiger partial charge in [0.2, 0.25) is 0 Å². The zero-order valence-electron chi connectivity index (χ0n) is 39.6. The van der Waals surface area contributed by atoms with Gasteiger partial charge in [-0.2, -0.15) is 0 Å². The highest BCUT2D eigenvalue weighted by Crippen LogP contribution is 2.36. The molecule has 0 saturated carbocycles. The molecule has 0 unspecified atom stereocenters. The standard InChI is InChI=1S/C28H26N4O4.C28H22N4O4/c2*1-17-21(5-3-7-23(17)31-27(35)25-11-9-19(15-33)13-29-25)22-6-4-8-24(18(22)2)32-28(36)26-12-10-20(16-34)14-30-26/h3-14,33-34H,15-16H2,1-2H3,(H,31,35)(H,32,36);3-16H,1-2H3,(H,31,35)(H,32,36). The summed E-state index contributed by atoms with van der Waals surface area (Å²) in [6.07, 6.45) is 6.97. The fraction of sp³-hybridized carbons (Fsp3) is 0.107. The normalized spacial score (nSPS) is 10.5. The van der Waals surface area contributed by atoms with Gasteiger partial charge >= 0.3 is 0 Å². The molecular formula is C56H48N8O8. The minimum atomic E-state index is -0.390. The van der Waals surface area contributed by atoms with Crippen LogP contribution in [0.3, 0.4) is 0 Å². The molecule has 0 spiro atoms. The fourth-order valence-electron chi connectivity index (χ4n) is 7.52. The minimum Gasteiger partial charge on any atom is -0.392 e. The Hall–Kier alpha value is -9.38. The SMILES string of the molecule is Cc1c(NC(=O)c2ccc(C=O)cn2)cccc1-c1cccc(NC(=O)c2ccc(C=O)cn2)c1C.Cc1c(NC(=O)c2ccc(CO)cn2)cccc1-c1cccc(NC(=O)c2ccc(CO)cn2)c1C. The van der Waals surface area contributed by atoms with Gasteiger partial charge in [-0.15, -0.1) is 0 Å². The second-order valence-electron chi connectivity index (χ2n) is 16.3. The predicted octanol–water partition coefficient (Wildman–Crippen LogP) is 9.14. The maximum Gasteiger partial charge on any atom is 0.274 e. The summed E-state index contributed by atoms with van der Waals surface area (Å²) in [5.74, 6) is -1.48. The molecular weight excluding hydrogens is 913 g/mol. The first kappa shape index (κ1) is 50.5. The van der Waals surface area contributed by atoms with Crippen LogP contribution in [0.4, 0.5) is 22.7 Å². The van der Waals surface area contributed by atoms with E-state index in [4.69, 9.17) is 10.2 Å². The highest BCUT2D eigenvalue weighted by atomic mass is 16.3. The van der Waals surface area contributed by atoms with Gasteiger partial charge in [-0.25, -0.2) is 0 Å². The first-order valence-electron chi connectivity index (χ1n) is 22.4. The van der Waals surface area contributed by atoms with Crippen molar-refractivity contribution in [2.24, 2.45) is 0 Å². The Morgan fingerprint density at radius 2 is 0.653 bits per heavy atom. The zero-order valence-corrected chi connectivity index (χ0v) is 39.6. The number of rotatable bonds is 14. The van der Waals surface area contributed by atoms with E-state index in [1.54, 1.807) is 36.4 Å². The summed E-state index contributed by atoms with van der Waals surface area (Å²) in [6, 6.07) is 35.0. The number of benzene rings is 4. The van der Waals surface area contributed by atoms with Gasteiger partial charge in [0, 0.05) is 58.7 Å². The lowest BCUT2D eigenvalue weighted by atomic mass is 9.94. The van der Waals surface area contributed by atoms with Crippen LogP contribution < -0.4 is 21.3 Å². The van der Waals surface area contributed by atoms with E-state index in [0.29, 0.717) is 57.6 Å². The van der Waals surface area contributed by atoms with Crippen LogP contribution in [-0.2, 0) is 13.2 Å². The molecule has 16 heteroatoms. The van der Waals surface area contributed by atoms with Crippen LogP contribution in [0.1, 0.15) is 96.1 Å². The van der Waals surface area contributed by atoms with Crippen LogP contribution in [0.25, 0.3) is 22.3 Å². The van der Waals surface area contributed by atoms with Gasteiger partial charge in [-0.1, -0.05) is 60.7 Å². The van der Waals surface area contributed by atoms with Crippen LogP contribution >= 0.6 is 0 Å². The Morgan fingerprint density at radius 3 is 0.861 bits per heavy atom. The predicted molar refractivity (Wildman–Crippen MR) is 274 cm³/mol. The van der Waals surface area contributed by atoms with Crippen LogP contribution in [-0.4, -0.2) is 66.4 Å². The van der Waals surface area contributed by atoms with E-state index < -0.39 is 11.8 Å². The molecule has 0 aliphatic rings. The highest BCUT2D eigenvalue weighted by Gasteiger charge is 2.18. The third-order valence-electron chi connectivity index (χ3n) is 11.7. The summed E-state index contributed by atoms with van der Waals surface area (Å²) in [4.78, 5) is 88.8. The molecule has 0 aliphatic heterocycles. The van der Waals surface area contributed by atoms with Gasteiger partial charge in [0.1, 0.15) is 22.8 Å². The topological polar surface area (TPSA) is 243 Å². The summed E-state index contributed by atoms with van der Waals surface area (Å²) in [6.45, 7) is 7.37. The molecule has 0 aliphatic carbocycles. The molecule has 8 aromatic rings. The number of aliphatic hydroxyl groups is 2. The van der Waals surface area contributed by atoms with Gasteiger partial charge in [-0.05, 0) is 144 Å². The smallest absolute Gasteiger partial charge is 0.274 e. The average Bonchev–Trinajstić information content (AvgIpc) is 3.41. The van der Waals surface area contributed by atoms with E-state index in [-0.39, 0.29) is 47.8 Å². The van der Waals surface area contributed by atoms with Crippen molar-refractivity contribution in [3.8, 4) is 22.3 Å². The van der Waals surface area contributed by atoms with E-state index in [2.05, 4.69) is 41.2 Å². The monoisotopic (exact) mass is 960 g/mol. The molecule has 4 heterocycles. The Balaban J connectivity index is 0.000000211. The highest BCUT2D eigenvalue weighted by molar-refractivity contribution is 6.06. The second-order valence-corrected chi connectivity index (χ2v) is 16.3. The maximum absolute atomic E-state index is 12.7. The van der Waals surface area contributed by atoms with Crippen LogP contribution in [0.5, 0.6) is 0 Å². The van der Waals surface area contributed by atoms with E-state index in [9.17, 15) is 28.8 Å². The number of hydrogen-bond acceptors (Lipinski definition) is 12. The Morgan fingerprint density at radius 1 is 0.389 bits per heavy atom. The summed E-state index contributed by atoms with van der Waals surface area (Å²) in [5, 5.41) is 29.9. The Labute approximate surface area is 414 Å². The summed E-state index contributed by atoms with van der Waals surface area (Å²) in [5.41, 5.74) is 12.5. The molecule has 72 heavy (non-hydrogen) atoms. The number of aldehydes is 2. The van der Waals surface area contributed by atoms with Crippen molar-refractivity contribution < 1.29 is 39.0 Å². The molecule has 6 N–H and O–H groups in total. The van der Waals surface area contributed by atoms with Crippen LogP contribution in [0.2, 0.25) is 0 Å². The number of nitrogens with one attached hydrogen (secondary N) is 4. The molecule has 0 saturated heterocycles. The zero-order chi connectivity index (χ0) is 51.3. The van der Waals surface area contributed by atoms with E-state index in [0.717, 1.165) is 44.5 Å². The van der Waals surface area contributed by atoms with Gasteiger partial charge in [0.05, 0.1) is 13.2 Å². The Bertz CT molecular complexity index is 3080. The van der Waals surface area contributed by atoms with E-state index >= 15 is 0 Å². The number of pyridine rings is 4. The average molecular weight is 961 g/mol. The lowest BCUT2D eigenvalue weighted by molar-refractivity contribution is 0.101. The molecule has 8 rings (SSSR count). The van der Waals surface area contributed by atoms with Crippen molar-refractivity contribution in [2.45, 2.75) is 40.9 Å². The van der Waals surface area contributed by atoms with Gasteiger partial charge in [0.25, 0.3) is 23.6 Å². The number of carbonyl (C=O) groups excluding carboxylic acids is 6. The summed E-state index contributed by atoms with van der Waals surface area (Å²) in [7, 11) is 0. The van der Waals surface area contributed by atoms with E-state index in [1.807, 2.05) is 88.4 Å². The number of aliphatic hydroxyl groups excluding tert-OH is 2. The van der Waals surface area contributed by atoms with E-state index in [1.165, 1.54) is 49.1 Å². The molecule has 4 amide bonds. The molecule has 0 radical (unpaired) electrons. The van der Waals surface area contributed by atoms with Crippen molar-refractivity contribution >= 4 is 59.0 Å². The van der Waals surface area contributed by atoms with Gasteiger partial charge in [-0.3, -0.25) is 48.7 Å². The lowest BCUT2D eigenvalue weighted by Gasteiger charge is -2.17. The quantitative estimate of drug-likeness (QED) is 0.0559. The fourth-order valence-corrected chi connectivity index (χ4v) is 7.52. The number of carbonyl (C=O) groups is 6. The van der Waals surface area contributed by atoms with Crippen molar-refractivity contribution in [2.75, 3.05) is 21.3 Å². The molecule has 360 valence electrons. The minimum absolute atomic E-state index is 0.137. The van der Waals surface area contributed by atoms with Crippen molar-refractivity contribution in [1.82, 2.24) is 19.9 Å². The number of amides is 4. The number of hydrogen-bond donors (Lipinski definition) is 6. The Kier molecular flexibility index (Phi) is 16.3.